The van der Waals surface area contributed by atoms with Crippen LogP contribution < -0.4 is 37.1 Å². The lowest BCUT2D eigenvalue weighted by Crippen LogP contribution is -3.21. The van der Waals surface area contributed by atoms with E-state index < -0.39 is 0 Å². The standard InChI is InChI=1S/C15H23N3O4.ClH/c1-17-5-7-18(8-6-17)16-15(19)11-9-12(20-2)14(22-4)13(10-11)21-3;/h9-10H,5-8H2,1-4H3,(H,16,19);1H. The Labute approximate surface area is 142 Å². The van der Waals surface area contributed by atoms with Crippen molar-refractivity contribution in [3.05, 3.63) is 17.7 Å². The largest absolute Gasteiger partial charge is 1.00 e. The number of hydrogen-bond donors (Lipinski definition) is 2. The minimum absolute atomic E-state index is 0. The maximum atomic E-state index is 12.4. The molecule has 7 nitrogen and oxygen atoms in total. The Morgan fingerprint density at radius 2 is 1.61 bits per heavy atom. The predicted molar refractivity (Wildman–Crippen MR) is 81.8 cm³/mol. The van der Waals surface area contributed by atoms with Gasteiger partial charge in [-0.15, -0.1) is 0 Å². The second kappa shape index (κ2) is 8.81. The van der Waals surface area contributed by atoms with Crippen molar-refractivity contribution >= 4 is 5.91 Å². The number of likely N-dealkylation sites (N-methyl/N-ethyl adjacent to an activating group) is 1. The van der Waals surface area contributed by atoms with Crippen LogP contribution in [0.1, 0.15) is 10.4 Å². The number of nitrogens with zero attached hydrogens (tertiary/aromatic N) is 1. The van der Waals surface area contributed by atoms with Crippen molar-refractivity contribution < 1.29 is 36.4 Å². The van der Waals surface area contributed by atoms with Crippen molar-refractivity contribution in [1.29, 1.82) is 0 Å². The summed E-state index contributed by atoms with van der Waals surface area (Å²) in [5.41, 5.74) is 3.48. The molecule has 0 unspecified atom stereocenters. The van der Waals surface area contributed by atoms with Gasteiger partial charge < -0.3 is 26.6 Å². The SMILES string of the molecule is COc1cc(C(=O)N[NH+]2CCN(C)CC2)cc(OC)c1OC.[Cl-]. The number of methoxy groups -OCH3 is 3. The Bertz CT molecular complexity index is 508. The average Bonchev–Trinajstić information content (AvgIpc) is 2.55. The Morgan fingerprint density at radius 1 is 1.09 bits per heavy atom. The number of amides is 1. The van der Waals surface area contributed by atoms with Gasteiger partial charge in [0.2, 0.25) is 5.75 Å². The van der Waals surface area contributed by atoms with E-state index in [1.165, 1.54) is 21.3 Å². The Balaban J connectivity index is 0.00000264. The van der Waals surface area contributed by atoms with Crippen LogP contribution in [0.25, 0.3) is 0 Å². The highest BCUT2D eigenvalue weighted by molar-refractivity contribution is 5.94. The quantitative estimate of drug-likeness (QED) is 0.573. The monoisotopic (exact) mass is 345 g/mol. The fourth-order valence-electron chi connectivity index (χ4n) is 2.46. The molecule has 1 fully saturated rings. The van der Waals surface area contributed by atoms with Crippen LogP contribution in [0.5, 0.6) is 17.2 Å². The first kappa shape index (κ1) is 19.3. The summed E-state index contributed by atoms with van der Waals surface area (Å²) >= 11 is 0. The zero-order chi connectivity index (χ0) is 16.1. The molecule has 0 spiro atoms. The zero-order valence-corrected chi connectivity index (χ0v) is 14.7. The van der Waals surface area contributed by atoms with Crippen molar-refractivity contribution in [3.8, 4) is 17.2 Å². The summed E-state index contributed by atoms with van der Waals surface area (Å²) in [7, 11) is 6.68. The first-order valence-electron chi connectivity index (χ1n) is 7.23. The van der Waals surface area contributed by atoms with Gasteiger partial charge in [-0.25, -0.2) is 5.01 Å². The molecule has 0 radical (unpaired) electrons. The minimum atomic E-state index is -0.154. The lowest BCUT2D eigenvalue weighted by Gasteiger charge is -2.29. The molecular formula is C15H24ClN3O4. The maximum Gasteiger partial charge on any atom is 0.296 e. The van der Waals surface area contributed by atoms with Crippen LogP contribution in [0.4, 0.5) is 0 Å². The minimum Gasteiger partial charge on any atom is -1.00 e. The van der Waals surface area contributed by atoms with Gasteiger partial charge in [0.05, 0.1) is 26.9 Å². The number of benzene rings is 1. The van der Waals surface area contributed by atoms with E-state index in [0.717, 1.165) is 31.2 Å². The number of quaternary nitrogens is 1. The maximum absolute atomic E-state index is 12.4. The van der Waals surface area contributed by atoms with Gasteiger partial charge in [-0.05, 0) is 19.2 Å². The van der Waals surface area contributed by atoms with Gasteiger partial charge in [0, 0.05) is 13.1 Å². The molecule has 1 aliphatic heterocycles. The van der Waals surface area contributed by atoms with Crippen LogP contribution in [-0.4, -0.2) is 65.4 Å². The molecule has 2 rings (SSSR count). The van der Waals surface area contributed by atoms with E-state index in [2.05, 4.69) is 17.4 Å². The lowest BCUT2D eigenvalue weighted by atomic mass is 10.1. The van der Waals surface area contributed by atoms with Crippen LogP contribution in [0.15, 0.2) is 12.1 Å². The molecule has 0 atom stereocenters. The molecule has 1 aliphatic rings. The van der Waals surface area contributed by atoms with Gasteiger partial charge in [-0.1, -0.05) is 0 Å². The third-order valence-electron chi connectivity index (χ3n) is 3.81. The predicted octanol–water partition coefficient (Wildman–Crippen LogP) is -3.81. The number of carbonyl (C=O) groups is 1. The third-order valence-corrected chi connectivity index (χ3v) is 3.81. The number of ether oxygens (including phenoxy) is 3. The first-order valence-corrected chi connectivity index (χ1v) is 7.23. The summed E-state index contributed by atoms with van der Waals surface area (Å²) in [6, 6.07) is 3.32. The van der Waals surface area contributed by atoms with Crippen LogP contribution >= 0.6 is 0 Å². The van der Waals surface area contributed by atoms with Crippen LogP contribution in [0.2, 0.25) is 0 Å². The van der Waals surface area contributed by atoms with E-state index in [4.69, 9.17) is 14.2 Å². The van der Waals surface area contributed by atoms with Crippen LogP contribution in [0, 0.1) is 0 Å². The topological polar surface area (TPSA) is 64.5 Å². The van der Waals surface area contributed by atoms with Gasteiger partial charge >= 0.3 is 0 Å². The molecule has 1 heterocycles. The molecule has 1 aromatic carbocycles. The molecule has 8 heteroatoms. The van der Waals surface area contributed by atoms with Crippen molar-refractivity contribution in [2.75, 3.05) is 54.6 Å². The van der Waals surface area contributed by atoms with Crippen molar-refractivity contribution in [2.24, 2.45) is 0 Å². The third kappa shape index (κ3) is 4.63. The number of rotatable bonds is 5. The Hall–Kier alpha value is -1.70. The summed E-state index contributed by atoms with van der Waals surface area (Å²) in [5.74, 6) is 1.27. The number of nitrogens with one attached hydrogen (secondary N) is 2. The lowest BCUT2D eigenvalue weighted by molar-refractivity contribution is -0.939. The van der Waals surface area contributed by atoms with E-state index >= 15 is 0 Å². The molecule has 0 saturated carbocycles. The van der Waals surface area contributed by atoms with E-state index in [-0.39, 0.29) is 18.3 Å². The van der Waals surface area contributed by atoms with Crippen molar-refractivity contribution in [2.45, 2.75) is 0 Å². The number of hydrogen-bond acceptors (Lipinski definition) is 5. The Morgan fingerprint density at radius 3 is 2.04 bits per heavy atom. The molecule has 0 aliphatic carbocycles. The molecule has 23 heavy (non-hydrogen) atoms. The number of halogens is 1. The highest BCUT2D eigenvalue weighted by Gasteiger charge is 2.22. The summed E-state index contributed by atoms with van der Waals surface area (Å²) < 4.78 is 15.8. The molecule has 130 valence electrons. The van der Waals surface area contributed by atoms with E-state index in [9.17, 15) is 4.79 Å². The van der Waals surface area contributed by atoms with E-state index in [0.29, 0.717) is 22.8 Å². The summed E-state index contributed by atoms with van der Waals surface area (Å²) in [5, 5.41) is 1.07. The molecular weight excluding hydrogens is 322 g/mol. The summed E-state index contributed by atoms with van der Waals surface area (Å²) in [6.07, 6.45) is 0. The smallest absolute Gasteiger partial charge is 0.296 e. The number of piperazine rings is 1. The number of carbonyl (C=O) groups excluding carboxylic acids is 1. The normalized spacial score (nSPS) is 15.5. The fraction of sp³-hybridized carbons (Fsp3) is 0.533. The second-order valence-corrected chi connectivity index (χ2v) is 5.27. The molecule has 0 aromatic heterocycles. The van der Waals surface area contributed by atoms with Gasteiger partial charge in [0.15, 0.2) is 11.5 Å². The van der Waals surface area contributed by atoms with Gasteiger partial charge in [0.1, 0.15) is 13.1 Å². The van der Waals surface area contributed by atoms with E-state index in [1.807, 2.05) is 0 Å². The van der Waals surface area contributed by atoms with Crippen molar-refractivity contribution in [3.63, 3.8) is 0 Å². The average molecular weight is 346 g/mol. The second-order valence-electron chi connectivity index (χ2n) is 5.27. The highest BCUT2D eigenvalue weighted by atomic mass is 35.5. The fourth-order valence-corrected chi connectivity index (χ4v) is 2.46. The molecule has 0 bridgehead atoms. The molecule has 1 aromatic rings. The molecule has 2 N–H and O–H groups in total. The van der Waals surface area contributed by atoms with Crippen LogP contribution in [0.3, 0.4) is 0 Å². The summed E-state index contributed by atoms with van der Waals surface area (Å²) in [4.78, 5) is 14.7. The van der Waals surface area contributed by atoms with E-state index in [1.54, 1.807) is 12.1 Å². The van der Waals surface area contributed by atoms with Gasteiger partial charge in [0.25, 0.3) is 5.91 Å². The first-order chi connectivity index (χ1) is 10.6. The van der Waals surface area contributed by atoms with Crippen molar-refractivity contribution in [1.82, 2.24) is 10.3 Å². The van der Waals surface area contributed by atoms with Crippen LogP contribution in [-0.2, 0) is 0 Å². The molecule has 1 amide bonds. The van der Waals surface area contributed by atoms with Gasteiger partial charge in [-0.3, -0.25) is 9.69 Å². The molecule has 1 saturated heterocycles. The Kier molecular flexibility index (Phi) is 7.41. The summed E-state index contributed by atoms with van der Waals surface area (Å²) in [6.45, 7) is 3.69. The van der Waals surface area contributed by atoms with Gasteiger partial charge in [-0.2, -0.15) is 5.43 Å². The zero-order valence-electron chi connectivity index (χ0n) is 13.9. The highest BCUT2D eigenvalue weighted by Crippen LogP contribution is 2.38.